The molecule has 7 nitrogen and oxygen atoms in total. The maximum atomic E-state index is 12.3. The minimum Gasteiger partial charge on any atom is -0.383 e. The van der Waals surface area contributed by atoms with Crippen molar-refractivity contribution in [1.82, 2.24) is 4.72 Å². The molecule has 0 aliphatic carbocycles. The van der Waals surface area contributed by atoms with E-state index >= 15 is 0 Å². The molecule has 146 valence electrons. The summed E-state index contributed by atoms with van der Waals surface area (Å²) in [7, 11) is -2.06. The average Bonchev–Trinajstić information content (AvgIpc) is 2.59. The van der Waals surface area contributed by atoms with Gasteiger partial charge in [0.2, 0.25) is 10.0 Å². The van der Waals surface area contributed by atoms with E-state index in [1.165, 1.54) is 7.11 Å². The first-order chi connectivity index (χ1) is 12.8. The highest BCUT2D eigenvalue weighted by molar-refractivity contribution is 7.89. The first-order valence-electron chi connectivity index (χ1n) is 8.53. The van der Waals surface area contributed by atoms with Crippen LogP contribution in [0.5, 0.6) is 0 Å². The van der Waals surface area contributed by atoms with Crippen molar-refractivity contribution < 1.29 is 13.2 Å². The van der Waals surface area contributed by atoms with Crippen LogP contribution >= 0.6 is 0 Å². The van der Waals surface area contributed by atoms with Crippen LogP contribution in [0.4, 0.5) is 5.69 Å². The van der Waals surface area contributed by atoms with Gasteiger partial charge in [-0.2, -0.15) is 0 Å². The Morgan fingerprint density at radius 1 is 1.15 bits per heavy atom. The predicted octanol–water partition coefficient (Wildman–Crippen LogP) is 2.15. The normalized spacial score (nSPS) is 12.2. The molecule has 27 heavy (non-hydrogen) atoms. The van der Waals surface area contributed by atoms with Crippen molar-refractivity contribution in [2.75, 3.05) is 25.6 Å². The molecule has 8 heteroatoms. The summed E-state index contributed by atoms with van der Waals surface area (Å²) in [6, 6.07) is 12.7. The average molecular weight is 391 g/mol. The number of nitrogens with two attached hydrogens (primary N) is 1. The Kier molecular flexibility index (Phi) is 7.35. The van der Waals surface area contributed by atoms with Gasteiger partial charge in [-0.3, -0.25) is 0 Å². The highest BCUT2D eigenvalue weighted by atomic mass is 32.2. The second-order valence-corrected chi connectivity index (χ2v) is 8.01. The molecule has 2 aromatic rings. The van der Waals surface area contributed by atoms with Crippen molar-refractivity contribution in [3.05, 3.63) is 59.2 Å². The summed E-state index contributed by atoms with van der Waals surface area (Å²) in [5, 5.41) is 3.06. The lowest BCUT2D eigenvalue weighted by Gasteiger charge is -2.09. The Morgan fingerprint density at radius 3 is 2.52 bits per heavy atom. The number of rotatable bonds is 8. The molecule has 0 aromatic heterocycles. The van der Waals surface area contributed by atoms with E-state index < -0.39 is 10.0 Å². The molecule has 4 N–H and O–H groups in total. The number of anilines is 1. The van der Waals surface area contributed by atoms with E-state index in [2.05, 4.69) is 21.1 Å². The number of guanidine groups is 1. The molecule has 0 atom stereocenters. The smallest absolute Gasteiger partial charge is 0.240 e. The molecule has 0 heterocycles. The topological polar surface area (TPSA) is 106 Å². The summed E-state index contributed by atoms with van der Waals surface area (Å²) in [4.78, 5) is 4.48. The van der Waals surface area contributed by atoms with E-state index in [0.29, 0.717) is 6.61 Å². The van der Waals surface area contributed by atoms with Gasteiger partial charge < -0.3 is 15.8 Å². The number of hydrogen-bond donors (Lipinski definition) is 3. The maximum Gasteiger partial charge on any atom is 0.240 e. The number of aliphatic imine (C=N–C) groups is 1. The molecule has 0 fully saturated rings. The Hall–Kier alpha value is -2.42. The van der Waals surface area contributed by atoms with Crippen LogP contribution in [0.1, 0.15) is 16.7 Å². The number of sulfonamides is 1. The minimum atomic E-state index is -3.58. The number of nitrogens with zero attached hydrogens (tertiary/aromatic N) is 1. The zero-order chi connectivity index (χ0) is 19.9. The van der Waals surface area contributed by atoms with Crippen LogP contribution < -0.4 is 15.8 Å². The van der Waals surface area contributed by atoms with Crippen LogP contribution in [0, 0.1) is 13.8 Å². The Morgan fingerprint density at radius 2 is 1.85 bits per heavy atom. The van der Waals surface area contributed by atoms with E-state index in [1.807, 2.05) is 32.0 Å². The molecule has 0 radical (unpaired) electrons. The van der Waals surface area contributed by atoms with Gasteiger partial charge in [-0.1, -0.05) is 18.2 Å². The second-order valence-electron chi connectivity index (χ2n) is 6.24. The van der Waals surface area contributed by atoms with Gasteiger partial charge >= 0.3 is 0 Å². The SMILES string of the molecule is COCCNS(=O)(=O)c1cccc(CN=C(N)Nc2cc(C)cc(C)c2)c1. The third-order valence-corrected chi connectivity index (χ3v) is 5.19. The molecule has 0 spiro atoms. The number of methoxy groups -OCH3 is 1. The number of benzene rings is 2. The first-order valence-corrected chi connectivity index (χ1v) is 10.0. The maximum absolute atomic E-state index is 12.3. The van der Waals surface area contributed by atoms with Crippen LogP contribution in [-0.2, 0) is 21.3 Å². The highest BCUT2D eigenvalue weighted by Gasteiger charge is 2.13. The molecule has 0 saturated carbocycles. The molecular formula is C19H26N4O3S. The standard InChI is InChI=1S/C19H26N4O3S/c1-14-9-15(2)11-17(10-14)23-19(20)21-13-16-5-4-6-18(12-16)27(24,25)22-7-8-26-3/h4-6,9-12,22H,7-8,13H2,1-3H3,(H3,20,21,23). The van der Waals surface area contributed by atoms with Crippen molar-refractivity contribution in [2.45, 2.75) is 25.3 Å². The Balaban J connectivity index is 2.05. The van der Waals surface area contributed by atoms with E-state index in [1.54, 1.807) is 18.2 Å². The van der Waals surface area contributed by atoms with Gasteiger partial charge in [-0.25, -0.2) is 18.1 Å². The lowest BCUT2D eigenvalue weighted by atomic mass is 10.1. The van der Waals surface area contributed by atoms with Gasteiger partial charge in [0.1, 0.15) is 0 Å². The van der Waals surface area contributed by atoms with Crippen molar-refractivity contribution in [2.24, 2.45) is 10.7 Å². The van der Waals surface area contributed by atoms with Crippen LogP contribution in [0.2, 0.25) is 0 Å². The van der Waals surface area contributed by atoms with Gasteiger partial charge in [-0.15, -0.1) is 0 Å². The van der Waals surface area contributed by atoms with Crippen molar-refractivity contribution in [3.8, 4) is 0 Å². The molecule has 0 unspecified atom stereocenters. The summed E-state index contributed by atoms with van der Waals surface area (Å²) >= 11 is 0. The number of nitrogens with one attached hydrogen (secondary N) is 2. The van der Waals surface area contributed by atoms with E-state index in [4.69, 9.17) is 10.5 Å². The molecule has 0 amide bonds. The van der Waals surface area contributed by atoms with Crippen molar-refractivity contribution >= 4 is 21.7 Å². The third-order valence-electron chi connectivity index (χ3n) is 3.73. The second kappa shape index (κ2) is 9.50. The van der Waals surface area contributed by atoms with Gasteiger partial charge in [0, 0.05) is 19.3 Å². The molecular weight excluding hydrogens is 364 g/mol. The molecule has 0 aliphatic rings. The highest BCUT2D eigenvalue weighted by Crippen LogP contribution is 2.14. The van der Waals surface area contributed by atoms with E-state index in [-0.39, 0.29) is 23.9 Å². The minimum absolute atomic E-state index is 0.187. The fraction of sp³-hybridized carbons (Fsp3) is 0.316. The van der Waals surface area contributed by atoms with Crippen LogP contribution in [-0.4, -0.2) is 34.6 Å². The van der Waals surface area contributed by atoms with E-state index in [0.717, 1.165) is 22.4 Å². The van der Waals surface area contributed by atoms with Crippen molar-refractivity contribution in [3.63, 3.8) is 0 Å². The third kappa shape index (κ3) is 6.67. The lowest BCUT2D eigenvalue weighted by molar-refractivity contribution is 0.204. The van der Waals surface area contributed by atoms with Crippen LogP contribution in [0.15, 0.2) is 52.4 Å². The Labute approximate surface area is 160 Å². The molecule has 2 aromatic carbocycles. The zero-order valence-electron chi connectivity index (χ0n) is 15.8. The fourth-order valence-electron chi connectivity index (χ4n) is 2.58. The zero-order valence-corrected chi connectivity index (χ0v) is 16.6. The predicted molar refractivity (Wildman–Crippen MR) is 108 cm³/mol. The molecule has 0 aliphatic heterocycles. The van der Waals surface area contributed by atoms with Crippen molar-refractivity contribution in [1.29, 1.82) is 0 Å². The van der Waals surface area contributed by atoms with Crippen LogP contribution in [0.3, 0.4) is 0 Å². The molecule has 0 saturated heterocycles. The van der Waals surface area contributed by atoms with Gasteiger partial charge in [0.15, 0.2) is 5.96 Å². The molecule has 2 rings (SSSR count). The lowest BCUT2D eigenvalue weighted by Crippen LogP contribution is -2.27. The summed E-state index contributed by atoms with van der Waals surface area (Å²) in [5.74, 6) is 0.270. The largest absolute Gasteiger partial charge is 0.383 e. The summed E-state index contributed by atoms with van der Waals surface area (Å²) < 4.78 is 31.9. The Bertz CT molecular complexity index is 891. The number of aryl methyl sites for hydroxylation is 2. The monoisotopic (exact) mass is 390 g/mol. The quantitative estimate of drug-likeness (QED) is 0.364. The first kappa shape index (κ1) is 20.9. The summed E-state index contributed by atoms with van der Waals surface area (Å²) in [6.07, 6.45) is 0. The molecule has 0 bridgehead atoms. The summed E-state index contributed by atoms with van der Waals surface area (Å²) in [5.41, 5.74) is 9.82. The van der Waals surface area contributed by atoms with Gasteiger partial charge in [0.05, 0.1) is 18.0 Å². The van der Waals surface area contributed by atoms with Gasteiger partial charge in [0.25, 0.3) is 0 Å². The van der Waals surface area contributed by atoms with E-state index in [9.17, 15) is 8.42 Å². The van der Waals surface area contributed by atoms with Crippen LogP contribution in [0.25, 0.3) is 0 Å². The summed E-state index contributed by atoms with van der Waals surface area (Å²) in [6.45, 7) is 4.82. The van der Waals surface area contributed by atoms with Gasteiger partial charge in [-0.05, 0) is 54.8 Å². The fourth-order valence-corrected chi connectivity index (χ4v) is 3.67. The number of hydrogen-bond acceptors (Lipinski definition) is 4. The number of ether oxygens (including phenoxy) is 1.